The van der Waals surface area contributed by atoms with Gasteiger partial charge in [-0.2, -0.15) is 4.98 Å². The molecule has 1 N–H and O–H groups in total. The van der Waals surface area contributed by atoms with E-state index in [1.54, 1.807) is 25.3 Å². The van der Waals surface area contributed by atoms with Crippen LogP contribution in [0.2, 0.25) is 5.02 Å². The van der Waals surface area contributed by atoms with Gasteiger partial charge in [-0.15, -0.1) is 0 Å². The number of amides is 1. The molecule has 7 nitrogen and oxygen atoms in total. The summed E-state index contributed by atoms with van der Waals surface area (Å²) in [4.78, 5) is 19.5. The molecule has 0 saturated carbocycles. The molecule has 162 valence electrons. The molecule has 2 aromatic carbocycles. The highest BCUT2D eigenvalue weighted by atomic mass is 35.5. The summed E-state index contributed by atoms with van der Waals surface area (Å²) in [6.07, 6.45) is 1.77. The highest BCUT2D eigenvalue weighted by Crippen LogP contribution is 2.28. The summed E-state index contributed by atoms with van der Waals surface area (Å²) in [5.41, 5.74) is 2.74. The molecule has 0 radical (unpaired) electrons. The van der Waals surface area contributed by atoms with E-state index in [-0.39, 0.29) is 11.8 Å². The van der Waals surface area contributed by atoms with E-state index < -0.39 is 0 Å². The second-order valence-corrected chi connectivity index (χ2v) is 8.20. The van der Waals surface area contributed by atoms with Crippen LogP contribution in [0.1, 0.15) is 24.3 Å². The van der Waals surface area contributed by atoms with Crippen molar-refractivity contribution in [1.82, 2.24) is 15.0 Å². The number of ether oxygens (including phenoxy) is 1. The van der Waals surface area contributed by atoms with E-state index in [2.05, 4.69) is 20.4 Å². The van der Waals surface area contributed by atoms with Crippen LogP contribution in [0.5, 0.6) is 5.75 Å². The number of halogens is 1. The van der Waals surface area contributed by atoms with Gasteiger partial charge in [-0.1, -0.05) is 40.5 Å². The molecule has 0 aliphatic carbocycles. The molecule has 1 aliphatic rings. The number of nitrogens with one attached hydrogen (secondary N) is 1. The lowest BCUT2D eigenvalue weighted by molar-refractivity contribution is -0.121. The molecule has 4 rings (SSSR count). The summed E-state index contributed by atoms with van der Waals surface area (Å²) in [6, 6.07) is 13.2. The third-order valence-corrected chi connectivity index (χ3v) is 5.69. The van der Waals surface area contributed by atoms with Crippen LogP contribution < -0.4 is 10.1 Å². The van der Waals surface area contributed by atoms with Gasteiger partial charge in [-0.05, 0) is 50.6 Å². The van der Waals surface area contributed by atoms with Crippen LogP contribution in [-0.4, -0.2) is 41.1 Å². The van der Waals surface area contributed by atoms with Crippen molar-refractivity contribution in [3.05, 3.63) is 58.9 Å². The van der Waals surface area contributed by atoms with Crippen molar-refractivity contribution in [2.75, 3.05) is 25.5 Å². The van der Waals surface area contributed by atoms with Gasteiger partial charge >= 0.3 is 0 Å². The van der Waals surface area contributed by atoms with Crippen molar-refractivity contribution in [2.45, 2.75) is 26.3 Å². The number of anilines is 1. The first-order chi connectivity index (χ1) is 15.0. The summed E-state index contributed by atoms with van der Waals surface area (Å²) in [7, 11) is 1.56. The molecule has 0 bridgehead atoms. The smallest absolute Gasteiger partial charge is 0.241 e. The van der Waals surface area contributed by atoms with E-state index in [9.17, 15) is 4.79 Å². The monoisotopic (exact) mass is 440 g/mol. The zero-order chi connectivity index (χ0) is 21.8. The number of piperidine rings is 1. The maximum Gasteiger partial charge on any atom is 0.241 e. The number of hydrogen-bond donors (Lipinski definition) is 1. The Kier molecular flexibility index (Phi) is 6.53. The first kappa shape index (κ1) is 21.3. The van der Waals surface area contributed by atoms with Crippen LogP contribution >= 0.6 is 11.6 Å². The lowest BCUT2D eigenvalue weighted by atomic mass is 9.97. The molecule has 1 fully saturated rings. The molecule has 1 aromatic heterocycles. The second kappa shape index (κ2) is 9.49. The molecule has 1 atom stereocenters. The van der Waals surface area contributed by atoms with E-state index in [0.29, 0.717) is 41.3 Å². The zero-order valence-corrected chi connectivity index (χ0v) is 18.4. The van der Waals surface area contributed by atoms with E-state index in [0.717, 1.165) is 30.5 Å². The Hall–Kier alpha value is -2.90. The molecule has 1 amide bonds. The van der Waals surface area contributed by atoms with Crippen molar-refractivity contribution in [2.24, 2.45) is 5.92 Å². The minimum absolute atomic E-state index is 0.0167. The van der Waals surface area contributed by atoms with Gasteiger partial charge in [0.1, 0.15) is 5.75 Å². The van der Waals surface area contributed by atoms with Gasteiger partial charge < -0.3 is 14.6 Å². The van der Waals surface area contributed by atoms with Crippen LogP contribution in [0.25, 0.3) is 11.4 Å². The molecule has 1 saturated heterocycles. The third kappa shape index (κ3) is 5.24. The van der Waals surface area contributed by atoms with Crippen LogP contribution in [0.3, 0.4) is 0 Å². The minimum Gasteiger partial charge on any atom is -0.495 e. The maximum absolute atomic E-state index is 12.8. The van der Waals surface area contributed by atoms with Gasteiger partial charge in [-0.25, -0.2) is 0 Å². The van der Waals surface area contributed by atoms with E-state index in [1.807, 2.05) is 31.2 Å². The van der Waals surface area contributed by atoms with E-state index >= 15 is 0 Å². The topological polar surface area (TPSA) is 80.5 Å². The van der Waals surface area contributed by atoms with Gasteiger partial charge in [0.15, 0.2) is 0 Å². The number of aryl methyl sites for hydroxylation is 1. The average molecular weight is 441 g/mol. The Morgan fingerprint density at radius 2 is 2.19 bits per heavy atom. The summed E-state index contributed by atoms with van der Waals surface area (Å²) in [5, 5.41) is 7.54. The minimum atomic E-state index is -0.117. The SMILES string of the molecule is COc1ccc(NC(=O)C2CCCN(Cc3nc(-c4cccc(C)c4)no3)C2)cc1Cl. The summed E-state index contributed by atoms with van der Waals surface area (Å²) >= 11 is 6.16. The fourth-order valence-electron chi connectivity index (χ4n) is 3.81. The molecule has 8 heteroatoms. The molecule has 2 heterocycles. The number of hydrogen-bond acceptors (Lipinski definition) is 6. The van der Waals surface area contributed by atoms with Gasteiger partial charge in [0.25, 0.3) is 0 Å². The number of aromatic nitrogens is 2. The van der Waals surface area contributed by atoms with Crippen molar-refractivity contribution in [3.63, 3.8) is 0 Å². The largest absolute Gasteiger partial charge is 0.495 e. The zero-order valence-electron chi connectivity index (χ0n) is 17.6. The Morgan fingerprint density at radius 3 is 2.97 bits per heavy atom. The number of likely N-dealkylation sites (tertiary alicyclic amines) is 1. The number of carbonyl (C=O) groups excluding carboxylic acids is 1. The Labute approximate surface area is 186 Å². The normalized spacial score (nSPS) is 16.8. The molecule has 0 spiro atoms. The van der Waals surface area contributed by atoms with Crippen molar-refractivity contribution < 1.29 is 14.1 Å². The molecule has 3 aromatic rings. The van der Waals surface area contributed by atoms with E-state index in [4.69, 9.17) is 20.9 Å². The predicted molar refractivity (Wildman–Crippen MR) is 119 cm³/mol. The van der Waals surface area contributed by atoms with Crippen LogP contribution in [0.4, 0.5) is 5.69 Å². The fraction of sp³-hybridized carbons (Fsp3) is 0.348. The highest BCUT2D eigenvalue weighted by Gasteiger charge is 2.27. The molecule has 31 heavy (non-hydrogen) atoms. The van der Waals surface area contributed by atoms with Crippen molar-refractivity contribution in [1.29, 1.82) is 0 Å². The summed E-state index contributed by atoms with van der Waals surface area (Å²) in [6.45, 7) is 4.08. The number of rotatable bonds is 6. The number of nitrogens with zero attached hydrogens (tertiary/aromatic N) is 3. The fourth-order valence-corrected chi connectivity index (χ4v) is 4.07. The van der Waals surface area contributed by atoms with Gasteiger partial charge in [0.05, 0.1) is 24.6 Å². The number of benzene rings is 2. The lowest BCUT2D eigenvalue weighted by Gasteiger charge is -2.30. The highest BCUT2D eigenvalue weighted by molar-refractivity contribution is 6.32. The first-order valence-electron chi connectivity index (χ1n) is 10.3. The number of methoxy groups -OCH3 is 1. The molecular formula is C23H25ClN4O3. The van der Waals surface area contributed by atoms with Gasteiger partial charge in [0.2, 0.25) is 17.6 Å². The van der Waals surface area contributed by atoms with Gasteiger partial charge in [-0.3, -0.25) is 9.69 Å². The summed E-state index contributed by atoms with van der Waals surface area (Å²) < 4.78 is 10.6. The van der Waals surface area contributed by atoms with Crippen molar-refractivity contribution in [3.8, 4) is 17.1 Å². The standard InChI is InChI=1S/C23H25ClN4O3/c1-15-5-3-6-16(11-15)22-26-21(31-27-22)14-28-10-4-7-17(13-28)23(29)25-18-8-9-20(30-2)19(24)12-18/h3,5-6,8-9,11-12,17H,4,7,10,13-14H2,1-2H3,(H,25,29). The Bertz CT molecular complexity index is 1070. The Balaban J connectivity index is 1.36. The number of carbonyl (C=O) groups is 1. The van der Waals surface area contributed by atoms with Crippen LogP contribution in [0, 0.1) is 12.8 Å². The maximum atomic E-state index is 12.8. The predicted octanol–water partition coefficient (Wildman–Crippen LogP) is 4.56. The first-order valence-corrected chi connectivity index (χ1v) is 10.7. The van der Waals surface area contributed by atoms with Crippen molar-refractivity contribution >= 4 is 23.2 Å². The lowest BCUT2D eigenvalue weighted by Crippen LogP contribution is -2.40. The quantitative estimate of drug-likeness (QED) is 0.605. The Morgan fingerprint density at radius 1 is 1.32 bits per heavy atom. The van der Waals surface area contributed by atoms with Gasteiger partial charge in [0, 0.05) is 17.8 Å². The van der Waals surface area contributed by atoms with E-state index in [1.165, 1.54) is 0 Å². The third-order valence-electron chi connectivity index (χ3n) is 5.40. The second-order valence-electron chi connectivity index (χ2n) is 7.79. The molecule has 1 unspecified atom stereocenters. The van der Waals surface area contributed by atoms with Crippen LogP contribution in [0.15, 0.2) is 47.0 Å². The summed E-state index contributed by atoms with van der Waals surface area (Å²) in [5.74, 6) is 1.58. The molecule has 1 aliphatic heterocycles. The van der Waals surface area contributed by atoms with Crippen LogP contribution in [-0.2, 0) is 11.3 Å². The average Bonchev–Trinajstić information content (AvgIpc) is 3.22. The molecular weight excluding hydrogens is 416 g/mol.